The first-order valence-corrected chi connectivity index (χ1v) is 11.3. The van der Waals surface area contributed by atoms with Crippen LogP contribution in [0.2, 0.25) is 0 Å². The highest BCUT2D eigenvalue weighted by Crippen LogP contribution is 2.34. The number of hydrogen-bond donors (Lipinski definition) is 0. The highest BCUT2D eigenvalue weighted by molar-refractivity contribution is 7.91. The molecule has 0 amide bonds. The van der Waals surface area contributed by atoms with Crippen LogP contribution in [-0.2, 0) is 24.4 Å². The monoisotopic (exact) mass is 465 g/mol. The Kier molecular flexibility index (Phi) is 6.67. The summed E-state index contributed by atoms with van der Waals surface area (Å²) in [6.07, 6.45) is -1.18. The summed E-state index contributed by atoms with van der Waals surface area (Å²) in [7, 11) is 1.62. The molecule has 7 nitrogen and oxygen atoms in total. The van der Waals surface area contributed by atoms with Crippen molar-refractivity contribution in [2.75, 3.05) is 5.75 Å². The predicted octanol–water partition coefficient (Wildman–Crippen LogP) is 4.64. The highest BCUT2D eigenvalue weighted by atomic mass is 32.2. The lowest BCUT2D eigenvalue weighted by Crippen LogP contribution is -2.32. The van der Waals surface area contributed by atoms with Crippen molar-refractivity contribution < 1.29 is 22.5 Å². The number of imidazole rings is 1. The molecule has 0 fully saturated rings. The van der Waals surface area contributed by atoms with Crippen molar-refractivity contribution in [2.45, 2.75) is 50.3 Å². The lowest BCUT2D eigenvalue weighted by atomic mass is 9.99. The van der Waals surface area contributed by atoms with Crippen molar-refractivity contribution in [1.82, 2.24) is 19.5 Å². The van der Waals surface area contributed by atoms with E-state index in [0.29, 0.717) is 23.3 Å². The fourth-order valence-corrected chi connectivity index (χ4v) is 4.15. The molecule has 0 saturated heterocycles. The van der Waals surface area contributed by atoms with E-state index < -0.39 is 28.6 Å². The van der Waals surface area contributed by atoms with Crippen molar-refractivity contribution in [3.8, 4) is 23.3 Å². The highest BCUT2D eigenvalue weighted by Gasteiger charge is 2.34. The van der Waals surface area contributed by atoms with Crippen LogP contribution in [0.25, 0.3) is 22.6 Å². The van der Waals surface area contributed by atoms with E-state index in [1.54, 1.807) is 24.6 Å². The van der Waals surface area contributed by atoms with Crippen molar-refractivity contribution in [1.29, 1.82) is 5.26 Å². The maximum absolute atomic E-state index is 13.0. The Hall–Kier alpha value is -2.84. The fourth-order valence-electron chi connectivity index (χ4n) is 3.24. The normalized spacial score (nSPS) is 13.2. The molecule has 0 N–H and O–H groups in total. The van der Waals surface area contributed by atoms with Crippen LogP contribution < -0.4 is 4.74 Å². The number of aryl methyl sites for hydroxylation is 1. The number of halogens is 3. The van der Waals surface area contributed by atoms with E-state index in [4.69, 9.17) is 4.74 Å². The van der Waals surface area contributed by atoms with Gasteiger partial charge in [0.1, 0.15) is 23.3 Å². The molecule has 3 rings (SSSR count). The minimum Gasteiger partial charge on any atom is -0.611 e. The molecule has 0 aliphatic carbocycles. The molecule has 0 saturated carbocycles. The van der Waals surface area contributed by atoms with Crippen LogP contribution in [0.3, 0.4) is 0 Å². The first-order valence-electron chi connectivity index (χ1n) is 9.97. The van der Waals surface area contributed by atoms with Gasteiger partial charge in [-0.2, -0.15) is 18.4 Å². The molecule has 3 aromatic rings. The number of nitriles is 1. The average molecular weight is 466 g/mol. The molecule has 0 spiro atoms. The second kappa shape index (κ2) is 8.96. The third-order valence-corrected chi connectivity index (χ3v) is 6.59. The van der Waals surface area contributed by atoms with Gasteiger partial charge in [0.25, 0.3) is 0 Å². The third kappa shape index (κ3) is 4.38. The lowest BCUT2D eigenvalue weighted by molar-refractivity contribution is -0.141. The number of hydrogen-bond acceptors (Lipinski definition) is 6. The summed E-state index contributed by atoms with van der Waals surface area (Å²) in [5.74, 6) is 0.824. The van der Waals surface area contributed by atoms with Crippen LogP contribution in [0.4, 0.5) is 13.2 Å². The SMILES string of the molecule is CC[S+]([O-])c1cc(OC(C#N)(CC)CC)cnc1-c1nc2cc(C(F)(F)F)ncc2n1C. The van der Waals surface area contributed by atoms with Crippen molar-refractivity contribution in [3.63, 3.8) is 0 Å². The number of ether oxygens (including phenoxy) is 1. The second-order valence-corrected chi connectivity index (χ2v) is 8.83. The standard InChI is InChI=1S/C21H22F3N5O2S/c1-5-20(6-2,12-25)31-13-8-16(32(30)7-3)18(27-10-13)19-28-14-9-17(21(22,23)24)26-11-15(14)29(19)4/h8-11H,5-7H2,1-4H3. The van der Waals surface area contributed by atoms with E-state index in [0.717, 1.165) is 12.3 Å². The Morgan fingerprint density at radius 2 is 1.84 bits per heavy atom. The van der Waals surface area contributed by atoms with Gasteiger partial charge in [-0.25, -0.2) is 15.0 Å². The quantitative estimate of drug-likeness (QED) is 0.472. The molecule has 3 heterocycles. The zero-order valence-electron chi connectivity index (χ0n) is 18.0. The molecule has 1 unspecified atom stereocenters. The number of pyridine rings is 2. The van der Waals surface area contributed by atoms with Crippen molar-refractivity contribution in [2.24, 2.45) is 7.05 Å². The van der Waals surface area contributed by atoms with Crippen LogP contribution >= 0.6 is 0 Å². The van der Waals surface area contributed by atoms with Gasteiger partial charge in [-0.1, -0.05) is 13.8 Å². The zero-order valence-corrected chi connectivity index (χ0v) is 18.8. The summed E-state index contributed by atoms with van der Waals surface area (Å²) in [6, 6.07) is 4.60. The average Bonchev–Trinajstić information content (AvgIpc) is 3.12. The minimum absolute atomic E-state index is 0.0978. The van der Waals surface area contributed by atoms with Crippen LogP contribution in [-0.4, -0.2) is 35.4 Å². The van der Waals surface area contributed by atoms with Gasteiger partial charge >= 0.3 is 6.18 Å². The van der Waals surface area contributed by atoms with Crippen LogP contribution in [0, 0.1) is 11.3 Å². The van der Waals surface area contributed by atoms with Gasteiger partial charge in [0.05, 0.1) is 23.4 Å². The van der Waals surface area contributed by atoms with Gasteiger partial charge in [0.2, 0.25) is 0 Å². The fraction of sp³-hybridized carbons (Fsp3) is 0.429. The lowest BCUT2D eigenvalue weighted by Gasteiger charge is -2.25. The minimum atomic E-state index is -4.59. The van der Waals surface area contributed by atoms with E-state index in [1.165, 1.54) is 6.20 Å². The zero-order chi connectivity index (χ0) is 23.7. The molecule has 170 valence electrons. The Bertz CT molecular complexity index is 1170. The summed E-state index contributed by atoms with van der Waals surface area (Å²) in [5, 5.41) is 9.54. The van der Waals surface area contributed by atoms with E-state index in [9.17, 15) is 23.0 Å². The maximum atomic E-state index is 13.0. The molecule has 0 aromatic carbocycles. The molecule has 11 heteroatoms. The maximum Gasteiger partial charge on any atom is 0.433 e. The van der Waals surface area contributed by atoms with Gasteiger partial charge in [-0.3, -0.25) is 0 Å². The smallest absolute Gasteiger partial charge is 0.433 e. The summed E-state index contributed by atoms with van der Waals surface area (Å²) in [5.41, 5.74) is -1.34. The van der Waals surface area contributed by atoms with Gasteiger partial charge in [-0.05, 0) is 37.0 Å². The van der Waals surface area contributed by atoms with Crippen LogP contribution in [0.15, 0.2) is 29.4 Å². The van der Waals surface area contributed by atoms with E-state index in [1.807, 2.05) is 13.8 Å². The molecule has 32 heavy (non-hydrogen) atoms. The summed E-state index contributed by atoms with van der Waals surface area (Å²) < 4.78 is 59.4. The first-order chi connectivity index (χ1) is 15.1. The predicted molar refractivity (Wildman–Crippen MR) is 113 cm³/mol. The van der Waals surface area contributed by atoms with Gasteiger partial charge < -0.3 is 13.9 Å². The third-order valence-electron chi connectivity index (χ3n) is 5.26. The summed E-state index contributed by atoms with van der Waals surface area (Å²) in [6.45, 7) is 5.41. The van der Waals surface area contributed by atoms with Crippen LogP contribution in [0.1, 0.15) is 39.3 Å². The molecule has 1 atom stereocenters. The molecule has 3 aromatic heterocycles. The van der Waals surface area contributed by atoms with Gasteiger partial charge in [-0.15, -0.1) is 0 Å². The second-order valence-electron chi connectivity index (χ2n) is 7.12. The molecule has 0 bridgehead atoms. The Morgan fingerprint density at radius 3 is 2.41 bits per heavy atom. The van der Waals surface area contributed by atoms with E-state index >= 15 is 0 Å². The Labute approximate surface area is 186 Å². The number of rotatable bonds is 7. The number of aromatic nitrogens is 4. The van der Waals surface area contributed by atoms with E-state index in [2.05, 4.69) is 21.0 Å². The molecule has 0 aliphatic heterocycles. The summed E-state index contributed by atoms with van der Waals surface area (Å²) in [4.78, 5) is 12.5. The van der Waals surface area contributed by atoms with Crippen molar-refractivity contribution >= 4 is 22.2 Å². The molecular weight excluding hydrogens is 443 g/mol. The number of nitrogens with zero attached hydrogens (tertiary/aromatic N) is 5. The molecule has 0 aliphatic rings. The van der Waals surface area contributed by atoms with Gasteiger partial charge in [0, 0.05) is 13.1 Å². The Morgan fingerprint density at radius 1 is 1.16 bits per heavy atom. The molecular formula is C21H22F3N5O2S. The van der Waals surface area contributed by atoms with Crippen molar-refractivity contribution in [3.05, 3.63) is 30.2 Å². The summed E-state index contributed by atoms with van der Waals surface area (Å²) >= 11 is -1.47. The largest absolute Gasteiger partial charge is 0.611 e. The molecule has 0 radical (unpaired) electrons. The van der Waals surface area contributed by atoms with E-state index in [-0.39, 0.29) is 28.5 Å². The van der Waals surface area contributed by atoms with Crippen LogP contribution in [0.5, 0.6) is 5.75 Å². The number of alkyl halides is 3. The topological polar surface area (TPSA) is 99.7 Å². The number of fused-ring (bicyclic) bond motifs is 1. The van der Waals surface area contributed by atoms with Gasteiger partial charge in [0.15, 0.2) is 22.0 Å². The Balaban J connectivity index is 2.14. The first kappa shape index (κ1) is 23.8.